The van der Waals surface area contributed by atoms with Gasteiger partial charge in [-0.05, 0) is 42.5 Å². The molecule has 25 heavy (non-hydrogen) atoms. The third-order valence-corrected chi connectivity index (χ3v) is 5.33. The summed E-state index contributed by atoms with van der Waals surface area (Å²) in [6, 6.07) is 13.0. The van der Waals surface area contributed by atoms with Crippen molar-refractivity contribution in [2.75, 3.05) is 42.3 Å². The van der Waals surface area contributed by atoms with Gasteiger partial charge in [0.25, 0.3) is 0 Å². The van der Waals surface area contributed by atoms with E-state index in [1.54, 1.807) is 6.07 Å². The Morgan fingerprint density at radius 3 is 2.52 bits per heavy atom. The Labute approximate surface area is 161 Å². The molecule has 3 rings (SSSR count). The summed E-state index contributed by atoms with van der Waals surface area (Å²) < 4.78 is 5.36. The number of hydrogen-bond donors (Lipinski definition) is 1. The van der Waals surface area contributed by atoms with Gasteiger partial charge in [-0.25, -0.2) is 0 Å². The van der Waals surface area contributed by atoms with Crippen LogP contribution in [0.25, 0.3) is 0 Å². The van der Waals surface area contributed by atoms with Crippen molar-refractivity contribution in [2.24, 2.45) is 0 Å². The summed E-state index contributed by atoms with van der Waals surface area (Å²) in [6.45, 7) is 3.06. The third kappa shape index (κ3) is 5.28. The number of thioether (sulfide) groups is 1. The van der Waals surface area contributed by atoms with Crippen LogP contribution in [0.4, 0.5) is 11.4 Å². The Kier molecular flexibility index (Phi) is 6.48. The maximum absolute atomic E-state index is 12.1. The number of nitrogens with one attached hydrogen (secondary N) is 1. The van der Waals surface area contributed by atoms with Gasteiger partial charge in [-0.1, -0.05) is 23.2 Å². The second-order valence-electron chi connectivity index (χ2n) is 5.56. The van der Waals surface area contributed by atoms with Crippen LogP contribution in [0, 0.1) is 0 Å². The van der Waals surface area contributed by atoms with Gasteiger partial charge in [0.05, 0.1) is 29.7 Å². The molecule has 2 aromatic carbocycles. The van der Waals surface area contributed by atoms with Crippen LogP contribution >= 0.6 is 35.0 Å². The van der Waals surface area contributed by atoms with E-state index in [-0.39, 0.29) is 5.91 Å². The van der Waals surface area contributed by atoms with Gasteiger partial charge in [0, 0.05) is 28.7 Å². The zero-order chi connectivity index (χ0) is 17.6. The first kappa shape index (κ1) is 18.4. The molecule has 0 bridgehead atoms. The van der Waals surface area contributed by atoms with Gasteiger partial charge in [0.2, 0.25) is 5.91 Å². The Balaban J connectivity index is 1.55. The molecule has 1 aliphatic heterocycles. The van der Waals surface area contributed by atoms with Crippen molar-refractivity contribution in [1.29, 1.82) is 0 Å². The molecule has 2 aromatic rings. The molecule has 0 aliphatic carbocycles. The lowest BCUT2D eigenvalue weighted by molar-refractivity contribution is -0.113. The van der Waals surface area contributed by atoms with Crippen LogP contribution in [0.5, 0.6) is 0 Å². The zero-order valence-electron chi connectivity index (χ0n) is 13.5. The van der Waals surface area contributed by atoms with Crippen molar-refractivity contribution >= 4 is 52.2 Å². The summed E-state index contributed by atoms with van der Waals surface area (Å²) in [5.74, 6) is 0.250. The van der Waals surface area contributed by atoms with Gasteiger partial charge in [-0.2, -0.15) is 0 Å². The number of nitrogens with zero attached hydrogens (tertiary/aromatic N) is 1. The molecule has 0 radical (unpaired) electrons. The number of morpholine rings is 1. The van der Waals surface area contributed by atoms with Gasteiger partial charge in [-0.3, -0.25) is 4.79 Å². The number of benzene rings is 2. The molecule has 7 heteroatoms. The number of rotatable bonds is 5. The molecule has 1 N–H and O–H groups in total. The third-order valence-electron chi connectivity index (χ3n) is 3.77. The highest BCUT2D eigenvalue weighted by atomic mass is 35.5. The monoisotopic (exact) mass is 396 g/mol. The standard InChI is InChI=1S/C18H18Cl2N2O2S/c19-13-1-4-15(5-2-13)25-12-18(23)21-14-3-6-17(16(20)11-14)22-7-9-24-10-8-22/h1-6,11H,7-10,12H2,(H,21,23). The van der Waals surface area contributed by atoms with Crippen LogP contribution < -0.4 is 10.2 Å². The molecule has 0 unspecified atom stereocenters. The SMILES string of the molecule is O=C(CSc1ccc(Cl)cc1)Nc1ccc(N2CCOCC2)c(Cl)c1. The topological polar surface area (TPSA) is 41.6 Å². The van der Waals surface area contributed by atoms with E-state index in [0.717, 1.165) is 23.7 Å². The largest absolute Gasteiger partial charge is 0.378 e. The molecule has 0 atom stereocenters. The lowest BCUT2D eigenvalue weighted by atomic mass is 10.2. The Morgan fingerprint density at radius 1 is 1.12 bits per heavy atom. The number of hydrogen-bond acceptors (Lipinski definition) is 4. The maximum atomic E-state index is 12.1. The van der Waals surface area contributed by atoms with Crippen molar-refractivity contribution in [3.05, 3.63) is 52.5 Å². The first-order valence-corrected chi connectivity index (χ1v) is 9.66. The van der Waals surface area contributed by atoms with Crippen LogP contribution in [0.1, 0.15) is 0 Å². The van der Waals surface area contributed by atoms with Crippen molar-refractivity contribution in [1.82, 2.24) is 0 Å². The molecule has 1 saturated heterocycles. The van der Waals surface area contributed by atoms with Crippen LogP contribution in [-0.4, -0.2) is 38.0 Å². The van der Waals surface area contributed by atoms with Gasteiger partial charge in [0.15, 0.2) is 0 Å². The summed E-state index contributed by atoms with van der Waals surface area (Å²) in [5.41, 5.74) is 1.67. The fourth-order valence-corrected chi connectivity index (χ4v) is 3.65. The van der Waals surface area contributed by atoms with Crippen molar-refractivity contribution in [3.63, 3.8) is 0 Å². The highest BCUT2D eigenvalue weighted by molar-refractivity contribution is 8.00. The van der Waals surface area contributed by atoms with Crippen molar-refractivity contribution < 1.29 is 9.53 Å². The molecule has 0 aromatic heterocycles. The average molecular weight is 397 g/mol. The summed E-state index contributed by atoms with van der Waals surface area (Å²) >= 11 is 13.7. The molecule has 132 valence electrons. The quantitative estimate of drug-likeness (QED) is 0.751. The molecule has 4 nitrogen and oxygen atoms in total. The summed E-state index contributed by atoms with van der Waals surface area (Å²) in [5, 5.41) is 4.19. The number of anilines is 2. The van der Waals surface area contributed by atoms with E-state index >= 15 is 0 Å². The van der Waals surface area contributed by atoms with E-state index in [4.69, 9.17) is 27.9 Å². The van der Waals surface area contributed by atoms with Gasteiger partial charge in [0.1, 0.15) is 0 Å². The Morgan fingerprint density at radius 2 is 1.84 bits per heavy atom. The maximum Gasteiger partial charge on any atom is 0.234 e. The van der Waals surface area contributed by atoms with Crippen LogP contribution in [0.3, 0.4) is 0 Å². The molecule has 1 aliphatic rings. The molecular weight excluding hydrogens is 379 g/mol. The second kappa shape index (κ2) is 8.81. The smallest absolute Gasteiger partial charge is 0.234 e. The number of ether oxygens (including phenoxy) is 1. The molecule has 0 saturated carbocycles. The summed E-state index contributed by atoms with van der Waals surface area (Å²) in [4.78, 5) is 15.3. The predicted molar refractivity (Wildman–Crippen MR) is 105 cm³/mol. The van der Waals surface area contributed by atoms with Gasteiger partial charge >= 0.3 is 0 Å². The zero-order valence-corrected chi connectivity index (χ0v) is 15.8. The van der Waals surface area contributed by atoms with Gasteiger partial charge in [-0.15, -0.1) is 11.8 Å². The number of halogens is 2. The Bertz CT molecular complexity index is 734. The average Bonchev–Trinajstić information content (AvgIpc) is 2.62. The van der Waals surface area contributed by atoms with Crippen molar-refractivity contribution in [3.8, 4) is 0 Å². The highest BCUT2D eigenvalue weighted by Crippen LogP contribution is 2.29. The van der Waals surface area contributed by atoms with Crippen LogP contribution in [0.2, 0.25) is 10.0 Å². The second-order valence-corrected chi connectivity index (χ2v) is 7.45. The lowest BCUT2D eigenvalue weighted by Crippen LogP contribution is -2.36. The predicted octanol–water partition coefficient (Wildman–Crippen LogP) is 4.56. The normalized spacial score (nSPS) is 14.4. The van der Waals surface area contributed by atoms with E-state index in [9.17, 15) is 4.79 Å². The minimum atomic E-state index is -0.0739. The van der Waals surface area contributed by atoms with E-state index in [1.165, 1.54) is 11.8 Å². The number of carbonyl (C=O) groups excluding carboxylic acids is 1. The molecule has 1 amide bonds. The first-order valence-electron chi connectivity index (χ1n) is 7.92. The lowest BCUT2D eigenvalue weighted by Gasteiger charge is -2.29. The van der Waals surface area contributed by atoms with E-state index in [1.807, 2.05) is 36.4 Å². The number of carbonyl (C=O) groups is 1. The first-order chi connectivity index (χ1) is 12.1. The molecule has 1 heterocycles. The summed E-state index contributed by atoms with van der Waals surface area (Å²) in [7, 11) is 0. The van der Waals surface area contributed by atoms with E-state index in [0.29, 0.717) is 34.7 Å². The molecule has 0 spiro atoms. The van der Waals surface area contributed by atoms with Crippen LogP contribution in [-0.2, 0) is 9.53 Å². The summed E-state index contributed by atoms with van der Waals surface area (Å²) in [6.07, 6.45) is 0. The highest BCUT2D eigenvalue weighted by Gasteiger charge is 2.15. The molecular formula is C18H18Cl2N2O2S. The minimum Gasteiger partial charge on any atom is -0.378 e. The van der Waals surface area contributed by atoms with Crippen molar-refractivity contribution in [2.45, 2.75) is 4.90 Å². The van der Waals surface area contributed by atoms with E-state index in [2.05, 4.69) is 10.2 Å². The fraction of sp³-hybridized carbons (Fsp3) is 0.278. The number of amides is 1. The van der Waals surface area contributed by atoms with Gasteiger partial charge < -0.3 is 15.0 Å². The van der Waals surface area contributed by atoms with Crippen LogP contribution in [0.15, 0.2) is 47.4 Å². The Hall–Kier alpha value is -1.40. The molecule has 1 fully saturated rings. The van der Waals surface area contributed by atoms with E-state index < -0.39 is 0 Å². The fourth-order valence-electron chi connectivity index (χ4n) is 2.52. The minimum absolute atomic E-state index is 0.0739.